The molecule has 6 atom stereocenters. The summed E-state index contributed by atoms with van der Waals surface area (Å²) in [6, 6.07) is 8.58. The SMILES string of the molecule is CCC(CC)COC(=O)C(C)NP(=O)(OC[C@H]1O[C@@H]([n+]2ccc(N)n(C)c2=O)C(O)[C@H]1O)Oc1ccccc1. The van der Waals surface area contributed by atoms with E-state index in [0.717, 1.165) is 22.0 Å². The number of carbonyl (C=O) groups excluding carboxylic acids is 1. The highest BCUT2D eigenvalue weighted by Gasteiger charge is 2.48. The standard InChI is InChI=1S/C25H37N4O9P/c1-5-17(6-2)14-35-24(32)16(3)27-39(34,38-18-10-8-7-9-11-18)36-15-19-21(30)22(31)23(37-19)29-13-12-20(26)28(4)25(29)33/h7-13,16-17,19,21-23,26,30-31H,5-6,14-15H2,1-4H3,(H,27,34)/p+1/t16?,19-,21+,22?,23-,39?/m1/s1. The van der Waals surface area contributed by atoms with E-state index < -0.39 is 56.6 Å². The monoisotopic (exact) mass is 569 g/mol. The van der Waals surface area contributed by atoms with Gasteiger partial charge in [0.15, 0.2) is 5.82 Å². The number of aromatic nitrogens is 2. The molecule has 0 radical (unpaired) electrons. The number of ether oxygens (including phenoxy) is 2. The van der Waals surface area contributed by atoms with Crippen LogP contribution in [0.15, 0.2) is 47.4 Å². The van der Waals surface area contributed by atoms with E-state index >= 15 is 0 Å². The lowest BCUT2D eigenvalue weighted by molar-refractivity contribution is -0.781. The van der Waals surface area contributed by atoms with Gasteiger partial charge in [-0.25, -0.2) is 4.57 Å². The zero-order chi connectivity index (χ0) is 28.7. The Kier molecular flexibility index (Phi) is 10.6. The first-order valence-electron chi connectivity index (χ1n) is 12.8. The molecule has 0 bridgehead atoms. The molecule has 1 aliphatic heterocycles. The molecule has 1 aliphatic rings. The molecule has 0 aliphatic carbocycles. The number of nitrogens with one attached hydrogen (secondary N) is 1. The maximum Gasteiger partial charge on any atom is 0.501 e. The minimum Gasteiger partial charge on any atom is -0.464 e. The highest BCUT2D eigenvalue weighted by atomic mass is 31.2. The maximum absolute atomic E-state index is 13.7. The maximum atomic E-state index is 13.7. The Balaban J connectivity index is 1.73. The first kappa shape index (κ1) is 30.7. The zero-order valence-corrected chi connectivity index (χ0v) is 23.4. The molecule has 0 saturated carbocycles. The van der Waals surface area contributed by atoms with E-state index in [2.05, 4.69) is 5.09 Å². The fraction of sp³-hybridized carbons (Fsp3) is 0.560. The summed E-state index contributed by atoms with van der Waals surface area (Å²) in [6.45, 7) is 5.20. The number of hydrogen-bond acceptors (Lipinski definition) is 10. The average molecular weight is 570 g/mol. The van der Waals surface area contributed by atoms with E-state index in [1.807, 2.05) is 13.8 Å². The van der Waals surface area contributed by atoms with Crippen LogP contribution in [0.2, 0.25) is 0 Å². The number of anilines is 1. The first-order valence-corrected chi connectivity index (χ1v) is 14.4. The molecule has 5 N–H and O–H groups in total. The average Bonchev–Trinajstić information content (AvgIpc) is 3.20. The van der Waals surface area contributed by atoms with Crippen LogP contribution in [-0.4, -0.2) is 58.3 Å². The Hall–Kier alpha value is -2.80. The van der Waals surface area contributed by atoms with Gasteiger partial charge in [0.05, 0.1) is 20.3 Å². The Morgan fingerprint density at radius 2 is 1.87 bits per heavy atom. The van der Waals surface area contributed by atoms with E-state index in [1.165, 1.54) is 26.2 Å². The van der Waals surface area contributed by atoms with Crippen LogP contribution >= 0.6 is 7.75 Å². The zero-order valence-electron chi connectivity index (χ0n) is 22.5. The molecule has 1 aromatic heterocycles. The fourth-order valence-corrected chi connectivity index (χ4v) is 5.43. The summed E-state index contributed by atoms with van der Waals surface area (Å²) in [7, 11) is -2.79. The second kappa shape index (κ2) is 13.5. The summed E-state index contributed by atoms with van der Waals surface area (Å²) in [5.41, 5.74) is 5.16. The predicted octanol–water partition coefficient (Wildman–Crippen LogP) is 1.04. The number of aliphatic hydroxyl groups excluding tert-OH is 2. The van der Waals surface area contributed by atoms with Gasteiger partial charge >= 0.3 is 19.4 Å². The number of aliphatic hydroxyl groups is 2. The topological polar surface area (TPSA) is 175 Å². The van der Waals surface area contributed by atoms with Crippen LogP contribution in [-0.2, 0) is 30.4 Å². The number of nitrogens with two attached hydrogens (primary N) is 1. The lowest BCUT2D eigenvalue weighted by Crippen LogP contribution is -2.59. The summed E-state index contributed by atoms with van der Waals surface area (Å²) >= 11 is 0. The molecule has 1 aromatic carbocycles. The molecule has 2 aromatic rings. The van der Waals surface area contributed by atoms with Crippen LogP contribution in [0.25, 0.3) is 0 Å². The fourth-order valence-electron chi connectivity index (χ4n) is 3.93. The number of rotatable bonds is 13. The van der Waals surface area contributed by atoms with Crippen molar-refractivity contribution in [2.75, 3.05) is 18.9 Å². The van der Waals surface area contributed by atoms with E-state index in [9.17, 15) is 24.4 Å². The number of nitrogens with zero attached hydrogens (tertiary/aromatic N) is 2. The van der Waals surface area contributed by atoms with Gasteiger partial charge in [0, 0.05) is 6.07 Å². The molecule has 216 valence electrons. The minimum atomic E-state index is -4.24. The predicted molar refractivity (Wildman–Crippen MR) is 140 cm³/mol. The van der Waals surface area contributed by atoms with Crippen molar-refractivity contribution in [2.45, 2.75) is 64.2 Å². The van der Waals surface area contributed by atoms with Gasteiger partial charge < -0.3 is 29.9 Å². The summed E-state index contributed by atoms with van der Waals surface area (Å²) < 4.78 is 38.3. The van der Waals surface area contributed by atoms with Crippen molar-refractivity contribution in [2.24, 2.45) is 13.0 Å². The van der Waals surface area contributed by atoms with Crippen LogP contribution < -0.4 is 25.6 Å². The number of nitrogen functional groups attached to an aromatic ring is 1. The van der Waals surface area contributed by atoms with Crippen LogP contribution in [0.3, 0.4) is 0 Å². The van der Waals surface area contributed by atoms with Crippen molar-refractivity contribution in [1.29, 1.82) is 0 Å². The third-order valence-corrected chi connectivity index (χ3v) is 8.25. The summed E-state index contributed by atoms with van der Waals surface area (Å²) in [5.74, 6) is -0.0222. The van der Waals surface area contributed by atoms with Crippen molar-refractivity contribution in [3.8, 4) is 5.75 Å². The number of esters is 1. The highest BCUT2D eigenvalue weighted by molar-refractivity contribution is 7.52. The molecule has 3 rings (SSSR count). The van der Waals surface area contributed by atoms with Crippen molar-refractivity contribution < 1.29 is 42.7 Å². The Morgan fingerprint density at radius 3 is 2.51 bits per heavy atom. The number of para-hydroxylation sites is 1. The minimum absolute atomic E-state index is 0.196. The molecular formula is C25H38N4O9P+. The summed E-state index contributed by atoms with van der Waals surface area (Å²) in [5, 5.41) is 23.8. The largest absolute Gasteiger partial charge is 0.501 e. The Morgan fingerprint density at radius 1 is 1.21 bits per heavy atom. The van der Waals surface area contributed by atoms with Crippen molar-refractivity contribution >= 4 is 19.5 Å². The van der Waals surface area contributed by atoms with Crippen LogP contribution in [0.4, 0.5) is 5.82 Å². The van der Waals surface area contributed by atoms with E-state index in [-0.39, 0.29) is 24.1 Å². The highest BCUT2D eigenvalue weighted by Crippen LogP contribution is 2.45. The second-order valence-corrected chi connectivity index (χ2v) is 11.1. The van der Waals surface area contributed by atoms with Crippen molar-refractivity contribution in [3.63, 3.8) is 0 Å². The molecule has 13 nitrogen and oxygen atoms in total. The quantitative estimate of drug-likeness (QED) is 0.154. The third-order valence-electron chi connectivity index (χ3n) is 6.61. The normalized spacial score (nSPS) is 23.4. The molecule has 0 amide bonds. The smallest absolute Gasteiger partial charge is 0.464 e. The lowest BCUT2D eigenvalue weighted by atomic mass is 10.1. The van der Waals surface area contributed by atoms with Crippen molar-refractivity contribution in [3.05, 3.63) is 53.1 Å². The van der Waals surface area contributed by atoms with E-state index in [4.69, 9.17) is 24.3 Å². The molecule has 3 unspecified atom stereocenters. The van der Waals surface area contributed by atoms with Gasteiger partial charge in [-0.15, -0.1) is 0 Å². The molecular weight excluding hydrogens is 531 g/mol. The number of benzene rings is 1. The molecule has 0 spiro atoms. The Labute approximate surface area is 227 Å². The van der Waals surface area contributed by atoms with Gasteiger partial charge in [-0.1, -0.05) is 44.9 Å². The first-order chi connectivity index (χ1) is 18.5. The molecule has 1 fully saturated rings. The Bertz CT molecular complexity index is 1210. The van der Waals surface area contributed by atoms with Crippen LogP contribution in [0, 0.1) is 5.92 Å². The molecule has 2 heterocycles. The van der Waals surface area contributed by atoms with E-state index in [1.54, 1.807) is 30.3 Å². The molecule has 39 heavy (non-hydrogen) atoms. The second-order valence-electron chi connectivity index (χ2n) is 9.40. The van der Waals surface area contributed by atoms with Gasteiger partial charge in [-0.3, -0.25) is 9.32 Å². The number of hydrogen-bond donors (Lipinski definition) is 4. The van der Waals surface area contributed by atoms with Gasteiger partial charge in [0.2, 0.25) is 6.23 Å². The van der Waals surface area contributed by atoms with Crippen molar-refractivity contribution in [1.82, 2.24) is 9.65 Å². The van der Waals surface area contributed by atoms with E-state index in [0.29, 0.717) is 0 Å². The third kappa shape index (κ3) is 7.65. The van der Waals surface area contributed by atoms with Crippen LogP contribution in [0.5, 0.6) is 5.75 Å². The van der Waals surface area contributed by atoms with Gasteiger partial charge in [-0.05, 0) is 25.0 Å². The summed E-state index contributed by atoms with van der Waals surface area (Å²) in [4.78, 5) is 25.2. The van der Waals surface area contributed by atoms with Gasteiger partial charge in [-0.2, -0.15) is 19.0 Å². The van der Waals surface area contributed by atoms with Gasteiger partial charge in [0.25, 0.3) is 0 Å². The van der Waals surface area contributed by atoms with Crippen LogP contribution in [0.1, 0.15) is 39.8 Å². The summed E-state index contributed by atoms with van der Waals surface area (Å²) in [6.07, 6.45) is -2.40. The number of carbonyl (C=O) groups is 1. The lowest BCUT2D eigenvalue weighted by Gasteiger charge is -2.24. The molecule has 1 saturated heterocycles. The van der Waals surface area contributed by atoms with Gasteiger partial charge in [0.1, 0.15) is 36.3 Å². The molecule has 14 heteroatoms.